The first kappa shape index (κ1) is 52.9. The zero-order valence-electron chi connectivity index (χ0n) is 36.7. The number of carbonyl (C=O) groups is 3. The van der Waals surface area contributed by atoms with Gasteiger partial charge in [-0.2, -0.15) is 0 Å². The molecule has 55 heavy (non-hydrogen) atoms. The van der Waals surface area contributed by atoms with Gasteiger partial charge < -0.3 is 14.2 Å². The van der Waals surface area contributed by atoms with Gasteiger partial charge in [0.05, 0.1) is 0 Å². The fourth-order valence-corrected chi connectivity index (χ4v) is 6.78. The summed E-state index contributed by atoms with van der Waals surface area (Å²) < 4.78 is 16.7. The molecule has 0 radical (unpaired) electrons. The van der Waals surface area contributed by atoms with Crippen LogP contribution in [0.1, 0.15) is 252 Å². The number of ether oxygens (including phenoxy) is 3. The number of esters is 3. The summed E-state index contributed by atoms with van der Waals surface area (Å²) in [6, 6.07) is 0. The van der Waals surface area contributed by atoms with Gasteiger partial charge in [-0.3, -0.25) is 14.4 Å². The largest absolute Gasteiger partial charge is 0.462 e. The molecule has 0 rings (SSSR count). The van der Waals surface area contributed by atoms with Crippen molar-refractivity contribution in [1.82, 2.24) is 0 Å². The molecular weight excluding hydrogens is 685 g/mol. The maximum absolute atomic E-state index is 12.7. The Morgan fingerprint density at radius 2 is 0.600 bits per heavy atom. The van der Waals surface area contributed by atoms with Gasteiger partial charge in [0.15, 0.2) is 6.10 Å². The van der Waals surface area contributed by atoms with Crippen LogP contribution in [-0.4, -0.2) is 37.2 Å². The summed E-state index contributed by atoms with van der Waals surface area (Å²) in [4.78, 5) is 37.7. The molecule has 1 atom stereocenters. The quantitative estimate of drug-likeness (QED) is 0.0266. The SMILES string of the molecule is CCCCC/C=C\CCCCCCCC(=O)OC(COC(=O)CCCCCCCCC/C=C\CCCCCC)COC(=O)CCCCCCCCCCCC. The molecule has 0 amide bonds. The smallest absolute Gasteiger partial charge is 0.306 e. The van der Waals surface area contributed by atoms with Gasteiger partial charge in [-0.1, -0.05) is 186 Å². The van der Waals surface area contributed by atoms with Gasteiger partial charge in [0.25, 0.3) is 0 Å². The summed E-state index contributed by atoms with van der Waals surface area (Å²) >= 11 is 0. The lowest BCUT2D eigenvalue weighted by Crippen LogP contribution is -2.30. The maximum Gasteiger partial charge on any atom is 0.306 e. The van der Waals surface area contributed by atoms with Gasteiger partial charge in [0.2, 0.25) is 0 Å². The molecule has 0 bridgehead atoms. The van der Waals surface area contributed by atoms with Crippen molar-refractivity contribution in [2.24, 2.45) is 0 Å². The van der Waals surface area contributed by atoms with Crippen LogP contribution in [0.4, 0.5) is 0 Å². The molecule has 0 aromatic heterocycles. The van der Waals surface area contributed by atoms with Crippen LogP contribution in [0, 0.1) is 0 Å². The number of hydrogen-bond acceptors (Lipinski definition) is 6. The second kappa shape index (κ2) is 44.6. The van der Waals surface area contributed by atoms with E-state index in [1.807, 2.05) is 0 Å². The third-order valence-electron chi connectivity index (χ3n) is 10.4. The van der Waals surface area contributed by atoms with Gasteiger partial charge in [0, 0.05) is 19.3 Å². The van der Waals surface area contributed by atoms with Gasteiger partial charge in [-0.15, -0.1) is 0 Å². The number of hydrogen-bond donors (Lipinski definition) is 0. The van der Waals surface area contributed by atoms with Crippen molar-refractivity contribution in [3.63, 3.8) is 0 Å². The number of rotatable bonds is 43. The number of carbonyl (C=O) groups excluding carboxylic acids is 3. The Balaban J connectivity index is 4.34. The molecular formula is C49H90O6. The van der Waals surface area contributed by atoms with Crippen molar-refractivity contribution >= 4 is 17.9 Å². The lowest BCUT2D eigenvalue weighted by molar-refractivity contribution is -0.167. The third kappa shape index (κ3) is 42.9. The highest BCUT2D eigenvalue weighted by Gasteiger charge is 2.19. The fourth-order valence-electron chi connectivity index (χ4n) is 6.78. The molecule has 1 unspecified atom stereocenters. The summed E-state index contributed by atoms with van der Waals surface area (Å²) in [6.45, 7) is 6.58. The third-order valence-corrected chi connectivity index (χ3v) is 10.4. The number of allylic oxidation sites excluding steroid dienone is 4. The van der Waals surface area contributed by atoms with Crippen molar-refractivity contribution in [2.75, 3.05) is 13.2 Å². The predicted octanol–water partition coefficient (Wildman–Crippen LogP) is 15.2. The molecule has 6 heteroatoms. The molecule has 0 aromatic rings. The summed E-state index contributed by atoms with van der Waals surface area (Å²) in [7, 11) is 0. The van der Waals surface area contributed by atoms with Crippen molar-refractivity contribution in [3.05, 3.63) is 24.3 Å². The molecule has 6 nitrogen and oxygen atoms in total. The van der Waals surface area contributed by atoms with Crippen LogP contribution in [0.15, 0.2) is 24.3 Å². The van der Waals surface area contributed by atoms with Gasteiger partial charge in [-0.05, 0) is 70.6 Å². The van der Waals surface area contributed by atoms with E-state index in [1.54, 1.807) is 0 Å². The Hall–Kier alpha value is -2.11. The topological polar surface area (TPSA) is 78.9 Å². The molecule has 0 heterocycles. The second-order valence-corrected chi connectivity index (χ2v) is 16.0. The van der Waals surface area contributed by atoms with E-state index in [0.29, 0.717) is 19.3 Å². The molecule has 0 aliphatic heterocycles. The van der Waals surface area contributed by atoms with E-state index in [9.17, 15) is 14.4 Å². The van der Waals surface area contributed by atoms with Crippen LogP contribution in [0.2, 0.25) is 0 Å². The average Bonchev–Trinajstić information content (AvgIpc) is 3.18. The van der Waals surface area contributed by atoms with Crippen LogP contribution in [-0.2, 0) is 28.6 Å². The molecule has 0 saturated heterocycles. The molecule has 0 aliphatic rings. The van der Waals surface area contributed by atoms with Gasteiger partial charge >= 0.3 is 17.9 Å². The Bertz CT molecular complexity index is 896. The first-order valence-corrected chi connectivity index (χ1v) is 23.8. The van der Waals surface area contributed by atoms with E-state index >= 15 is 0 Å². The average molecular weight is 775 g/mol. The predicted molar refractivity (Wildman–Crippen MR) is 233 cm³/mol. The van der Waals surface area contributed by atoms with Crippen molar-refractivity contribution < 1.29 is 28.6 Å². The van der Waals surface area contributed by atoms with Crippen molar-refractivity contribution in [2.45, 2.75) is 258 Å². The van der Waals surface area contributed by atoms with Crippen LogP contribution in [0.3, 0.4) is 0 Å². The van der Waals surface area contributed by atoms with E-state index in [4.69, 9.17) is 14.2 Å². The molecule has 0 N–H and O–H groups in total. The van der Waals surface area contributed by atoms with E-state index in [-0.39, 0.29) is 31.1 Å². The van der Waals surface area contributed by atoms with E-state index in [0.717, 1.165) is 64.2 Å². The van der Waals surface area contributed by atoms with Crippen LogP contribution < -0.4 is 0 Å². The Morgan fingerprint density at radius 1 is 0.345 bits per heavy atom. The monoisotopic (exact) mass is 775 g/mol. The first-order valence-electron chi connectivity index (χ1n) is 23.8. The zero-order valence-corrected chi connectivity index (χ0v) is 36.7. The van der Waals surface area contributed by atoms with Crippen molar-refractivity contribution in [1.29, 1.82) is 0 Å². The highest BCUT2D eigenvalue weighted by Crippen LogP contribution is 2.14. The van der Waals surface area contributed by atoms with E-state index in [2.05, 4.69) is 45.1 Å². The van der Waals surface area contributed by atoms with Gasteiger partial charge in [0.1, 0.15) is 13.2 Å². The maximum atomic E-state index is 12.7. The van der Waals surface area contributed by atoms with Crippen LogP contribution >= 0.6 is 0 Å². The molecule has 322 valence electrons. The minimum atomic E-state index is -0.770. The second-order valence-electron chi connectivity index (χ2n) is 16.0. The highest BCUT2D eigenvalue weighted by atomic mass is 16.6. The minimum Gasteiger partial charge on any atom is -0.462 e. The minimum absolute atomic E-state index is 0.0731. The fraction of sp³-hybridized carbons (Fsp3) is 0.857. The van der Waals surface area contributed by atoms with Gasteiger partial charge in [-0.25, -0.2) is 0 Å². The standard InChI is InChI=1S/C49H90O6/c1-4-7-10-13-16-19-22-24-25-26-28-30-33-36-39-42-48(51)54-45-46(44-53-47(50)41-38-35-32-29-21-18-15-12-9-6-3)55-49(52)43-40-37-34-31-27-23-20-17-14-11-8-5-2/h17,19-20,22,46H,4-16,18,21,23-45H2,1-3H3/b20-17-,22-19-. The number of unbranched alkanes of at least 4 members (excludes halogenated alkanes) is 28. The highest BCUT2D eigenvalue weighted by molar-refractivity contribution is 5.71. The Morgan fingerprint density at radius 3 is 0.964 bits per heavy atom. The Labute approximate surface area is 341 Å². The lowest BCUT2D eigenvalue weighted by atomic mass is 10.1. The summed E-state index contributed by atoms with van der Waals surface area (Å²) in [5, 5.41) is 0. The van der Waals surface area contributed by atoms with E-state index < -0.39 is 6.10 Å². The van der Waals surface area contributed by atoms with Crippen molar-refractivity contribution in [3.8, 4) is 0 Å². The molecule has 0 fully saturated rings. The Kier molecular flexibility index (Phi) is 42.9. The lowest BCUT2D eigenvalue weighted by Gasteiger charge is -2.18. The van der Waals surface area contributed by atoms with E-state index in [1.165, 1.54) is 148 Å². The van der Waals surface area contributed by atoms with Crippen LogP contribution in [0.25, 0.3) is 0 Å². The summed E-state index contributed by atoms with van der Waals surface area (Å²) in [5.41, 5.74) is 0. The molecule has 0 saturated carbocycles. The summed E-state index contributed by atoms with van der Waals surface area (Å²) in [5.74, 6) is -0.882. The normalized spacial score (nSPS) is 12.1. The first-order chi connectivity index (χ1) is 27.0. The van der Waals surface area contributed by atoms with Crippen LogP contribution in [0.5, 0.6) is 0 Å². The summed E-state index contributed by atoms with van der Waals surface area (Å²) in [6.07, 6.45) is 48.7. The molecule has 0 aliphatic carbocycles. The zero-order chi connectivity index (χ0) is 40.1. The molecule has 0 spiro atoms. The molecule has 0 aromatic carbocycles.